The van der Waals surface area contributed by atoms with Crippen LogP contribution in [-0.2, 0) is 22.6 Å². The number of esters is 1. The Bertz CT molecular complexity index is 976. The standard InChI is InChI=1S/C21H23N5O4/c1-28-16-10-14(11-17(12-16)29-2)8-9-19(27)30-13-18-24-20(22)26-21(25-18)23-15-6-4-3-5-7-15/h3-7,10-12H,8-9,13H2,1-2H3,(H3,22,23,24,25,26). The number of aryl methyl sites for hydroxylation is 1. The number of anilines is 3. The van der Waals surface area contributed by atoms with Crippen molar-refractivity contribution in [2.75, 3.05) is 25.3 Å². The topological polar surface area (TPSA) is 121 Å². The number of hydrogen-bond donors (Lipinski definition) is 2. The first kappa shape index (κ1) is 20.8. The Balaban J connectivity index is 1.56. The normalized spacial score (nSPS) is 10.3. The van der Waals surface area contributed by atoms with E-state index >= 15 is 0 Å². The summed E-state index contributed by atoms with van der Waals surface area (Å²) in [5.41, 5.74) is 7.45. The fourth-order valence-corrected chi connectivity index (χ4v) is 2.68. The number of nitrogens with one attached hydrogen (secondary N) is 1. The average Bonchev–Trinajstić information content (AvgIpc) is 2.76. The Morgan fingerprint density at radius 3 is 2.37 bits per heavy atom. The van der Waals surface area contributed by atoms with Gasteiger partial charge in [-0.2, -0.15) is 15.0 Å². The maximum absolute atomic E-state index is 12.2. The molecule has 3 rings (SSSR count). The van der Waals surface area contributed by atoms with Gasteiger partial charge in [-0.05, 0) is 36.2 Å². The lowest BCUT2D eigenvalue weighted by Gasteiger charge is -2.09. The quantitative estimate of drug-likeness (QED) is 0.514. The van der Waals surface area contributed by atoms with E-state index in [1.54, 1.807) is 20.3 Å². The van der Waals surface area contributed by atoms with E-state index in [1.807, 2.05) is 42.5 Å². The van der Waals surface area contributed by atoms with Crippen molar-refractivity contribution in [3.63, 3.8) is 0 Å². The van der Waals surface area contributed by atoms with Gasteiger partial charge in [0, 0.05) is 18.2 Å². The van der Waals surface area contributed by atoms with Crippen LogP contribution in [0.1, 0.15) is 17.8 Å². The van der Waals surface area contributed by atoms with Crippen molar-refractivity contribution in [3.05, 3.63) is 59.9 Å². The summed E-state index contributed by atoms with van der Waals surface area (Å²) in [6.07, 6.45) is 0.665. The molecule has 0 aliphatic rings. The molecular formula is C21H23N5O4. The second kappa shape index (κ2) is 10.1. The van der Waals surface area contributed by atoms with Crippen LogP contribution in [0.15, 0.2) is 48.5 Å². The number of carbonyl (C=O) groups excluding carboxylic acids is 1. The largest absolute Gasteiger partial charge is 0.497 e. The van der Waals surface area contributed by atoms with Gasteiger partial charge >= 0.3 is 5.97 Å². The summed E-state index contributed by atoms with van der Waals surface area (Å²) < 4.78 is 15.8. The number of ether oxygens (including phenoxy) is 3. The highest BCUT2D eigenvalue weighted by atomic mass is 16.5. The average molecular weight is 409 g/mol. The summed E-state index contributed by atoms with van der Waals surface area (Å²) in [5.74, 6) is 1.53. The van der Waals surface area contributed by atoms with Crippen molar-refractivity contribution in [1.29, 1.82) is 0 Å². The van der Waals surface area contributed by atoms with E-state index in [0.29, 0.717) is 17.9 Å². The van der Waals surface area contributed by atoms with Crippen LogP contribution in [0.4, 0.5) is 17.6 Å². The van der Waals surface area contributed by atoms with Gasteiger partial charge in [-0.15, -0.1) is 0 Å². The highest BCUT2D eigenvalue weighted by molar-refractivity contribution is 5.69. The van der Waals surface area contributed by atoms with Gasteiger partial charge in [0.05, 0.1) is 14.2 Å². The van der Waals surface area contributed by atoms with Crippen molar-refractivity contribution >= 4 is 23.6 Å². The molecule has 1 aromatic heterocycles. The maximum atomic E-state index is 12.2. The molecule has 0 aliphatic heterocycles. The fraction of sp³-hybridized carbons (Fsp3) is 0.238. The second-order valence-electron chi connectivity index (χ2n) is 6.31. The highest BCUT2D eigenvalue weighted by Crippen LogP contribution is 2.23. The van der Waals surface area contributed by atoms with Crippen LogP contribution in [0.5, 0.6) is 11.5 Å². The first-order valence-electron chi connectivity index (χ1n) is 9.26. The summed E-state index contributed by atoms with van der Waals surface area (Å²) in [7, 11) is 3.16. The number of hydrogen-bond acceptors (Lipinski definition) is 9. The molecule has 0 bridgehead atoms. The van der Waals surface area contributed by atoms with E-state index in [0.717, 1.165) is 11.3 Å². The number of benzene rings is 2. The minimum atomic E-state index is -0.381. The molecule has 0 saturated heterocycles. The van der Waals surface area contributed by atoms with E-state index in [1.165, 1.54) is 0 Å². The lowest BCUT2D eigenvalue weighted by atomic mass is 10.1. The molecule has 1 heterocycles. The molecule has 9 heteroatoms. The second-order valence-corrected chi connectivity index (χ2v) is 6.31. The monoisotopic (exact) mass is 409 g/mol. The molecule has 3 aromatic rings. The smallest absolute Gasteiger partial charge is 0.306 e. The first-order chi connectivity index (χ1) is 14.6. The van der Waals surface area contributed by atoms with E-state index in [9.17, 15) is 4.79 Å². The van der Waals surface area contributed by atoms with Crippen LogP contribution >= 0.6 is 0 Å². The molecule has 0 unspecified atom stereocenters. The Kier molecular flexibility index (Phi) is 6.99. The zero-order valence-electron chi connectivity index (χ0n) is 16.8. The van der Waals surface area contributed by atoms with E-state index in [-0.39, 0.29) is 36.7 Å². The van der Waals surface area contributed by atoms with Crippen molar-refractivity contribution in [3.8, 4) is 11.5 Å². The summed E-state index contributed by atoms with van der Waals surface area (Å²) in [4.78, 5) is 24.5. The van der Waals surface area contributed by atoms with E-state index < -0.39 is 0 Å². The summed E-state index contributed by atoms with van der Waals surface area (Å²) in [6, 6.07) is 14.9. The van der Waals surface area contributed by atoms with Crippen molar-refractivity contribution in [1.82, 2.24) is 15.0 Å². The molecule has 9 nitrogen and oxygen atoms in total. The summed E-state index contributed by atoms with van der Waals surface area (Å²) >= 11 is 0. The molecule has 3 N–H and O–H groups in total. The molecule has 0 radical (unpaired) electrons. The van der Waals surface area contributed by atoms with Gasteiger partial charge in [-0.1, -0.05) is 18.2 Å². The Morgan fingerprint density at radius 1 is 1.00 bits per heavy atom. The van der Waals surface area contributed by atoms with Gasteiger partial charge in [0.1, 0.15) is 11.5 Å². The number of para-hydroxylation sites is 1. The van der Waals surface area contributed by atoms with Crippen LogP contribution < -0.4 is 20.5 Å². The number of rotatable bonds is 9. The van der Waals surface area contributed by atoms with Gasteiger partial charge in [0.2, 0.25) is 11.9 Å². The zero-order chi connectivity index (χ0) is 21.3. The third-order valence-electron chi connectivity index (χ3n) is 4.12. The van der Waals surface area contributed by atoms with Crippen molar-refractivity contribution in [2.45, 2.75) is 19.4 Å². The molecule has 0 fully saturated rings. The van der Waals surface area contributed by atoms with Gasteiger partial charge in [0.15, 0.2) is 12.4 Å². The molecule has 0 saturated carbocycles. The lowest BCUT2D eigenvalue weighted by molar-refractivity contribution is -0.145. The SMILES string of the molecule is COc1cc(CCC(=O)OCc2nc(N)nc(Nc3ccccc3)n2)cc(OC)c1. The van der Waals surface area contributed by atoms with Crippen LogP contribution in [0.2, 0.25) is 0 Å². The van der Waals surface area contributed by atoms with E-state index in [2.05, 4.69) is 20.3 Å². The van der Waals surface area contributed by atoms with Crippen molar-refractivity contribution < 1.29 is 19.0 Å². The van der Waals surface area contributed by atoms with Crippen LogP contribution in [0, 0.1) is 0 Å². The Morgan fingerprint density at radius 2 is 1.70 bits per heavy atom. The number of nitrogens with two attached hydrogens (primary N) is 1. The Labute approximate surface area is 174 Å². The number of aromatic nitrogens is 3. The van der Waals surface area contributed by atoms with Crippen LogP contribution in [-0.4, -0.2) is 35.1 Å². The molecular weight excluding hydrogens is 386 g/mol. The highest BCUT2D eigenvalue weighted by Gasteiger charge is 2.10. The third kappa shape index (κ3) is 6.06. The Hall–Kier alpha value is -3.88. The predicted octanol–water partition coefficient (Wildman–Crippen LogP) is 2.89. The fourth-order valence-electron chi connectivity index (χ4n) is 2.68. The van der Waals surface area contributed by atoms with Gasteiger partial charge in [-0.3, -0.25) is 4.79 Å². The molecule has 156 valence electrons. The predicted molar refractivity (Wildman–Crippen MR) is 112 cm³/mol. The van der Waals surface area contributed by atoms with Crippen LogP contribution in [0.3, 0.4) is 0 Å². The summed E-state index contributed by atoms with van der Waals surface area (Å²) in [6.45, 7) is -0.101. The van der Waals surface area contributed by atoms with E-state index in [4.69, 9.17) is 19.9 Å². The summed E-state index contributed by atoms with van der Waals surface area (Å²) in [5, 5.41) is 3.03. The lowest BCUT2D eigenvalue weighted by Crippen LogP contribution is -2.11. The van der Waals surface area contributed by atoms with Gasteiger partial charge in [-0.25, -0.2) is 0 Å². The number of carbonyl (C=O) groups is 1. The molecule has 0 aliphatic carbocycles. The number of nitrogens with zero attached hydrogens (tertiary/aromatic N) is 3. The molecule has 0 atom stereocenters. The van der Waals surface area contributed by atoms with Gasteiger partial charge in [0.25, 0.3) is 0 Å². The third-order valence-corrected chi connectivity index (χ3v) is 4.12. The molecule has 30 heavy (non-hydrogen) atoms. The first-order valence-corrected chi connectivity index (χ1v) is 9.26. The van der Waals surface area contributed by atoms with Crippen LogP contribution in [0.25, 0.3) is 0 Å². The number of nitrogen functional groups attached to an aromatic ring is 1. The molecule has 0 spiro atoms. The molecule has 0 amide bonds. The number of methoxy groups -OCH3 is 2. The molecule has 2 aromatic carbocycles. The maximum Gasteiger partial charge on any atom is 0.306 e. The minimum absolute atomic E-state index is 0.0398. The zero-order valence-corrected chi connectivity index (χ0v) is 16.8. The minimum Gasteiger partial charge on any atom is -0.497 e. The van der Waals surface area contributed by atoms with Crippen molar-refractivity contribution in [2.24, 2.45) is 0 Å². The van der Waals surface area contributed by atoms with Gasteiger partial charge < -0.3 is 25.3 Å².